The van der Waals surface area contributed by atoms with Crippen molar-refractivity contribution in [1.29, 1.82) is 0 Å². The van der Waals surface area contributed by atoms with Crippen molar-refractivity contribution in [3.8, 4) is 11.4 Å². The van der Waals surface area contributed by atoms with Gasteiger partial charge >= 0.3 is 0 Å². The maximum atomic E-state index is 12.3. The Bertz CT molecular complexity index is 873. The van der Waals surface area contributed by atoms with E-state index in [4.69, 9.17) is 0 Å². The van der Waals surface area contributed by atoms with Crippen LogP contribution >= 0.6 is 11.8 Å². The van der Waals surface area contributed by atoms with Crippen LogP contribution in [0.3, 0.4) is 0 Å². The standard InChI is InChI=1S/C19H20N4OS/c1-12-7-9-15(10-8-12)17-21-19(23-22-17)25-14(3)18(24)20-16-6-4-5-13(2)11-16/h4-11,14H,1-3H3,(H,20,24)(H,21,22,23)/t14-/m0/s1. The van der Waals surface area contributed by atoms with Crippen LogP contribution in [-0.4, -0.2) is 26.3 Å². The van der Waals surface area contributed by atoms with Crippen LogP contribution in [0.25, 0.3) is 11.4 Å². The molecule has 0 spiro atoms. The second-order valence-electron chi connectivity index (χ2n) is 5.95. The van der Waals surface area contributed by atoms with Crippen LogP contribution in [0.1, 0.15) is 18.1 Å². The maximum absolute atomic E-state index is 12.3. The van der Waals surface area contributed by atoms with Crippen molar-refractivity contribution in [2.24, 2.45) is 0 Å². The van der Waals surface area contributed by atoms with E-state index < -0.39 is 0 Å². The molecule has 0 fully saturated rings. The van der Waals surface area contributed by atoms with Gasteiger partial charge in [-0.05, 0) is 38.5 Å². The number of nitrogens with zero attached hydrogens (tertiary/aromatic N) is 2. The van der Waals surface area contributed by atoms with E-state index in [2.05, 4.69) is 20.5 Å². The number of thioether (sulfide) groups is 1. The highest BCUT2D eigenvalue weighted by molar-refractivity contribution is 8.00. The number of aryl methyl sites for hydroxylation is 2. The lowest BCUT2D eigenvalue weighted by Crippen LogP contribution is -2.22. The molecule has 1 heterocycles. The third kappa shape index (κ3) is 4.48. The minimum atomic E-state index is -0.304. The first-order valence-electron chi connectivity index (χ1n) is 8.05. The lowest BCUT2D eigenvalue weighted by molar-refractivity contribution is -0.115. The van der Waals surface area contributed by atoms with Crippen molar-refractivity contribution in [3.63, 3.8) is 0 Å². The molecule has 2 N–H and O–H groups in total. The molecule has 128 valence electrons. The normalized spacial score (nSPS) is 12.0. The summed E-state index contributed by atoms with van der Waals surface area (Å²) in [6.45, 7) is 5.88. The van der Waals surface area contributed by atoms with Gasteiger partial charge in [0.25, 0.3) is 0 Å². The highest BCUT2D eigenvalue weighted by atomic mass is 32.2. The number of carbonyl (C=O) groups is 1. The number of carbonyl (C=O) groups excluding carboxylic acids is 1. The summed E-state index contributed by atoms with van der Waals surface area (Å²) in [5.74, 6) is 0.631. The molecule has 6 heteroatoms. The summed E-state index contributed by atoms with van der Waals surface area (Å²) < 4.78 is 0. The Morgan fingerprint density at radius 1 is 1.12 bits per heavy atom. The number of anilines is 1. The van der Waals surface area contributed by atoms with Gasteiger partial charge in [0, 0.05) is 11.3 Å². The predicted octanol–water partition coefficient (Wildman–Crippen LogP) is 4.21. The third-order valence-electron chi connectivity index (χ3n) is 3.73. The fourth-order valence-corrected chi connectivity index (χ4v) is 3.04. The molecule has 0 aliphatic carbocycles. The number of H-pyrrole nitrogens is 1. The Hall–Kier alpha value is -2.60. The first-order valence-corrected chi connectivity index (χ1v) is 8.93. The molecule has 3 aromatic rings. The quantitative estimate of drug-likeness (QED) is 0.675. The number of hydrogen-bond donors (Lipinski definition) is 2. The largest absolute Gasteiger partial charge is 0.325 e. The van der Waals surface area contributed by atoms with Gasteiger partial charge in [0.2, 0.25) is 11.1 Å². The zero-order valence-electron chi connectivity index (χ0n) is 14.4. The molecule has 0 saturated heterocycles. The molecule has 1 amide bonds. The van der Waals surface area contributed by atoms with E-state index in [1.54, 1.807) is 0 Å². The van der Waals surface area contributed by atoms with Crippen molar-refractivity contribution >= 4 is 23.4 Å². The number of amides is 1. The first kappa shape index (κ1) is 17.2. The molecule has 0 aliphatic rings. The molecule has 1 aromatic heterocycles. The van der Waals surface area contributed by atoms with E-state index in [0.717, 1.165) is 16.8 Å². The zero-order valence-corrected chi connectivity index (χ0v) is 15.2. The number of hydrogen-bond acceptors (Lipinski definition) is 4. The maximum Gasteiger partial charge on any atom is 0.237 e. The van der Waals surface area contributed by atoms with Crippen LogP contribution in [0.15, 0.2) is 53.7 Å². The van der Waals surface area contributed by atoms with E-state index >= 15 is 0 Å². The average Bonchev–Trinajstić information content (AvgIpc) is 3.04. The molecule has 0 bridgehead atoms. The van der Waals surface area contributed by atoms with Crippen LogP contribution in [0.5, 0.6) is 0 Å². The molecule has 1 atom stereocenters. The molecular weight excluding hydrogens is 332 g/mol. The van der Waals surface area contributed by atoms with Crippen LogP contribution in [0.4, 0.5) is 5.69 Å². The fraction of sp³-hybridized carbons (Fsp3) is 0.211. The first-order chi connectivity index (χ1) is 12.0. The van der Waals surface area contributed by atoms with Crippen molar-refractivity contribution in [1.82, 2.24) is 15.2 Å². The number of rotatable bonds is 5. The minimum Gasteiger partial charge on any atom is -0.325 e. The summed E-state index contributed by atoms with van der Waals surface area (Å²) in [4.78, 5) is 16.8. The van der Waals surface area contributed by atoms with E-state index in [1.807, 2.05) is 69.3 Å². The van der Waals surface area contributed by atoms with Crippen molar-refractivity contribution < 1.29 is 4.79 Å². The SMILES string of the molecule is Cc1ccc(-c2nc(S[C@@H](C)C(=O)Nc3cccc(C)c3)n[nH]2)cc1. The van der Waals surface area contributed by atoms with Crippen molar-refractivity contribution in [2.75, 3.05) is 5.32 Å². The number of aromatic amines is 1. The second kappa shape index (κ2) is 7.53. The lowest BCUT2D eigenvalue weighted by Gasteiger charge is -2.10. The number of nitrogens with one attached hydrogen (secondary N) is 2. The molecule has 2 aromatic carbocycles. The number of benzene rings is 2. The number of aromatic nitrogens is 3. The smallest absolute Gasteiger partial charge is 0.237 e. The van der Waals surface area contributed by atoms with Crippen LogP contribution in [0, 0.1) is 13.8 Å². The topological polar surface area (TPSA) is 70.7 Å². The van der Waals surface area contributed by atoms with Gasteiger partial charge in [0.05, 0.1) is 5.25 Å². The summed E-state index contributed by atoms with van der Waals surface area (Å²) in [5.41, 5.74) is 4.07. The zero-order chi connectivity index (χ0) is 17.8. The van der Waals surface area contributed by atoms with Crippen molar-refractivity contribution in [2.45, 2.75) is 31.2 Å². The van der Waals surface area contributed by atoms with Gasteiger partial charge in [-0.1, -0.05) is 53.7 Å². The van der Waals surface area contributed by atoms with Crippen LogP contribution < -0.4 is 5.32 Å². The summed E-state index contributed by atoms with van der Waals surface area (Å²) in [6, 6.07) is 15.8. The van der Waals surface area contributed by atoms with Crippen molar-refractivity contribution in [3.05, 3.63) is 59.7 Å². The Labute approximate surface area is 151 Å². The molecule has 3 rings (SSSR count). The van der Waals surface area contributed by atoms with Gasteiger partial charge in [-0.25, -0.2) is 4.98 Å². The predicted molar refractivity (Wildman–Crippen MR) is 102 cm³/mol. The summed E-state index contributed by atoms with van der Waals surface area (Å²) in [6.07, 6.45) is 0. The van der Waals surface area contributed by atoms with E-state index in [-0.39, 0.29) is 11.2 Å². The second-order valence-corrected chi connectivity index (χ2v) is 7.26. The van der Waals surface area contributed by atoms with E-state index in [0.29, 0.717) is 11.0 Å². The summed E-state index contributed by atoms with van der Waals surface area (Å²) in [5, 5.41) is 10.3. The third-order valence-corrected chi connectivity index (χ3v) is 4.69. The average molecular weight is 352 g/mol. The Morgan fingerprint density at radius 3 is 2.60 bits per heavy atom. The Balaban J connectivity index is 1.63. The molecule has 0 saturated carbocycles. The molecule has 25 heavy (non-hydrogen) atoms. The van der Waals surface area contributed by atoms with E-state index in [9.17, 15) is 4.79 Å². The molecule has 0 radical (unpaired) electrons. The van der Waals surface area contributed by atoms with Gasteiger partial charge in [-0.15, -0.1) is 5.10 Å². The van der Waals surface area contributed by atoms with E-state index in [1.165, 1.54) is 17.3 Å². The fourth-order valence-electron chi connectivity index (χ4n) is 2.32. The minimum absolute atomic E-state index is 0.0720. The molecule has 5 nitrogen and oxygen atoms in total. The van der Waals surface area contributed by atoms with Gasteiger partial charge in [0.15, 0.2) is 5.82 Å². The van der Waals surface area contributed by atoms with Gasteiger partial charge in [-0.3, -0.25) is 9.89 Å². The van der Waals surface area contributed by atoms with Crippen LogP contribution in [0.2, 0.25) is 0 Å². The van der Waals surface area contributed by atoms with Crippen LogP contribution in [-0.2, 0) is 4.79 Å². The van der Waals surface area contributed by atoms with Gasteiger partial charge < -0.3 is 5.32 Å². The summed E-state index contributed by atoms with van der Waals surface area (Å²) >= 11 is 1.33. The Kier molecular flexibility index (Phi) is 5.19. The highest BCUT2D eigenvalue weighted by Gasteiger charge is 2.17. The molecule has 0 unspecified atom stereocenters. The van der Waals surface area contributed by atoms with Gasteiger partial charge in [-0.2, -0.15) is 0 Å². The van der Waals surface area contributed by atoms with Gasteiger partial charge in [0.1, 0.15) is 0 Å². The monoisotopic (exact) mass is 352 g/mol. The molecule has 0 aliphatic heterocycles. The highest BCUT2D eigenvalue weighted by Crippen LogP contribution is 2.24. The molecular formula is C19H20N4OS. The summed E-state index contributed by atoms with van der Waals surface area (Å²) in [7, 11) is 0. The lowest BCUT2D eigenvalue weighted by atomic mass is 10.1. The Morgan fingerprint density at radius 2 is 1.88 bits per heavy atom.